The van der Waals surface area contributed by atoms with Crippen LogP contribution in [-0.2, 0) is 14.3 Å². The highest BCUT2D eigenvalue weighted by atomic mass is 16.5. The average molecular weight is 308 g/mol. The van der Waals surface area contributed by atoms with Gasteiger partial charge in [0.1, 0.15) is 5.54 Å². The van der Waals surface area contributed by atoms with E-state index in [1.807, 2.05) is 27.7 Å². The van der Waals surface area contributed by atoms with Crippen molar-refractivity contribution in [1.29, 1.82) is 0 Å². The lowest BCUT2D eigenvalue weighted by atomic mass is 9.68. The van der Waals surface area contributed by atoms with Crippen LogP contribution in [0.4, 0.5) is 0 Å². The molecule has 0 aromatic heterocycles. The number of rotatable bonds is 4. The van der Waals surface area contributed by atoms with Crippen molar-refractivity contribution in [1.82, 2.24) is 10.2 Å². The molecule has 0 saturated carbocycles. The monoisotopic (exact) mass is 308 g/mol. The van der Waals surface area contributed by atoms with Gasteiger partial charge in [-0.2, -0.15) is 0 Å². The third-order valence-electron chi connectivity index (χ3n) is 4.26. The van der Waals surface area contributed by atoms with Crippen molar-refractivity contribution >= 4 is 11.9 Å². The number of carbonyl (C=O) groups is 2. The van der Waals surface area contributed by atoms with Gasteiger partial charge in [-0.1, -0.05) is 5.92 Å². The second-order valence-corrected chi connectivity index (χ2v) is 7.25. The van der Waals surface area contributed by atoms with Crippen LogP contribution < -0.4 is 5.32 Å². The lowest BCUT2D eigenvalue weighted by Crippen LogP contribution is -2.71. The van der Waals surface area contributed by atoms with Gasteiger partial charge in [-0.3, -0.25) is 9.69 Å². The van der Waals surface area contributed by atoms with Crippen molar-refractivity contribution in [2.75, 3.05) is 13.2 Å². The van der Waals surface area contributed by atoms with Gasteiger partial charge >= 0.3 is 5.97 Å². The highest BCUT2D eigenvalue weighted by Gasteiger charge is 2.56. The van der Waals surface area contributed by atoms with Crippen molar-refractivity contribution in [2.24, 2.45) is 0 Å². The van der Waals surface area contributed by atoms with Crippen LogP contribution in [0.2, 0.25) is 0 Å². The predicted molar refractivity (Wildman–Crippen MR) is 86.1 cm³/mol. The van der Waals surface area contributed by atoms with Crippen LogP contribution in [0, 0.1) is 12.3 Å². The second-order valence-electron chi connectivity index (χ2n) is 7.25. The van der Waals surface area contributed by atoms with Crippen LogP contribution in [0.3, 0.4) is 0 Å². The summed E-state index contributed by atoms with van der Waals surface area (Å²) in [4.78, 5) is 26.5. The summed E-state index contributed by atoms with van der Waals surface area (Å²) >= 11 is 0. The SMILES string of the molecule is C#CCN1C(C)(C)CC(NC(C)=O)(C(=O)OCC)CC1(C)C. The number of piperidine rings is 1. The van der Waals surface area contributed by atoms with E-state index in [0.29, 0.717) is 19.4 Å². The number of esters is 1. The van der Waals surface area contributed by atoms with E-state index in [1.165, 1.54) is 6.92 Å². The number of nitrogens with one attached hydrogen (secondary N) is 1. The lowest BCUT2D eigenvalue weighted by molar-refractivity contribution is -0.164. The molecular weight excluding hydrogens is 280 g/mol. The fourth-order valence-corrected chi connectivity index (χ4v) is 3.96. The number of terminal acetylenes is 1. The van der Waals surface area contributed by atoms with Gasteiger partial charge in [0.2, 0.25) is 5.91 Å². The molecule has 0 aromatic carbocycles. The molecular formula is C17H28N2O3. The van der Waals surface area contributed by atoms with E-state index >= 15 is 0 Å². The Kier molecular flexibility index (Phi) is 5.30. The van der Waals surface area contributed by atoms with E-state index < -0.39 is 5.54 Å². The Labute approximate surface area is 133 Å². The zero-order valence-corrected chi connectivity index (χ0v) is 14.6. The minimum atomic E-state index is -1.01. The zero-order valence-electron chi connectivity index (χ0n) is 14.6. The van der Waals surface area contributed by atoms with Crippen LogP contribution in [0.15, 0.2) is 0 Å². The van der Waals surface area contributed by atoms with Crippen molar-refractivity contribution in [3.05, 3.63) is 0 Å². The van der Waals surface area contributed by atoms with Gasteiger partial charge in [-0.15, -0.1) is 6.42 Å². The summed E-state index contributed by atoms with van der Waals surface area (Å²) in [5, 5.41) is 2.86. The second kappa shape index (κ2) is 6.29. The van der Waals surface area contributed by atoms with E-state index in [9.17, 15) is 9.59 Å². The topological polar surface area (TPSA) is 58.6 Å². The fourth-order valence-electron chi connectivity index (χ4n) is 3.96. The summed E-state index contributed by atoms with van der Waals surface area (Å²) in [6, 6.07) is 0. The standard InChI is InChI=1S/C17H28N2O3/c1-8-10-19-15(4,5)11-17(18-13(3)20,12-16(19,6)7)14(21)22-9-2/h1H,9-12H2,2-7H3,(H,18,20). The number of ether oxygens (including phenoxy) is 1. The third kappa shape index (κ3) is 3.61. The first-order valence-electron chi connectivity index (χ1n) is 7.68. The molecule has 1 aliphatic heterocycles. The Bertz CT molecular complexity index is 471. The van der Waals surface area contributed by atoms with Crippen molar-refractivity contribution < 1.29 is 14.3 Å². The molecule has 1 N–H and O–H groups in total. The van der Waals surface area contributed by atoms with Crippen LogP contribution in [-0.4, -0.2) is 46.5 Å². The minimum absolute atomic E-state index is 0.231. The number of amides is 1. The van der Waals surface area contributed by atoms with E-state index in [1.54, 1.807) is 6.92 Å². The molecule has 22 heavy (non-hydrogen) atoms. The summed E-state index contributed by atoms with van der Waals surface area (Å²) in [5.41, 5.74) is -1.70. The van der Waals surface area contributed by atoms with Gasteiger partial charge < -0.3 is 10.1 Å². The molecule has 1 saturated heterocycles. The molecule has 124 valence electrons. The molecule has 0 radical (unpaired) electrons. The number of hydrogen-bond acceptors (Lipinski definition) is 4. The largest absolute Gasteiger partial charge is 0.464 e. The Morgan fingerprint density at radius 3 is 2.09 bits per heavy atom. The Morgan fingerprint density at radius 1 is 1.23 bits per heavy atom. The molecule has 0 atom stereocenters. The molecule has 1 rings (SSSR count). The summed E-state index contributed by atoms with van der Waals surface area (Å²) in [5.74, 6) is 2.09. The average Bonchev–Trinajstić information content (AvgIpc) is 2.32. The number of likely N-dealkylation sites (tertiary alicyclic amines) is 1. The van der Waals surface area contributed by atoms with Gasteiger partial charge in [0.25, 0.3) is 0 Å². The molecule has 5 nitrogen and oxygen atoms in total. The van der Waals surface area contributed by atoms with Crippen LogP contribution in [0.25, 0.3) is 0 Å². The van der Waals surface area contributed by atoms with E-state index in [4.69, 9.17) is 11.2 Å². The van der Waals surface area contributed by atoms with Gasteiger partial charge in [-0.05, 0) is 47.5 Å². The molecule has 0 bridgehead atoms. The Morgan fingerprint density at radius 2 is 1.73 bits per heavy atom. The zero-order chi connectivity index (χ0) is 17.2. The first-order valence-corrected chi connectivity index (χ1v) is 7.68. The molecule has 1 fully saturated rings. The van der Waals surface area contributed by atoms with Gasteiger partial charge in [0, 0.05) is 18.0 Å². The highest BCUT2D eigenvalue weighted by molar-refractivity contribution is 5.87. The number of hydrogen-bond donors (Lipinski definition) is 1. The maximum absolute atomic E-state index is 12.6. The predicted octanol–water partition coefficient (Wildman–Crippen LogP) is 1.71. The van der Waals surface area contributed by atoms with Crippen LogP contribution in [0.5, 0.6) is 0 Å². The van der Waals surface area contributed by atoms with E-state index in [2.05, 4.69) is 16.1 Å². The normalized spacial score (nSPS) is 22.4. The molecule has 1 heterocycles. The maximum atomic E-state index is 12.6. The maximum Gasteiger partial charge on any atom is 0.331 e. The van der Waals surface area contributed by atoms with Crippen molar-refractivity contribution in [2.45, 2.75) is 71.0 Å². The van der Waals surface area contributed by atoms with Crippen LogP contribution in [0.1, 0.15) is 54.4 Å². The van der Waals surface area contributed by atoms with Gasteiger partial charge in [0.05, 0.1) is 13.2 Å². The lowest BCUT2D eigenvalue weighted by Gasteiger charge is -2.58. The van der Waals surface area contributed by atoms with E-state index in [0.717, 1.165) is 0 Å². The molecule has 0 unspecified atom stereocenters. The Balaban J connectivity index is 3.29. The summed E-state index contributed by atoms with van der Waals surface area (Å²) in [6.07, 6.45) is 6.43. The summed E-state index contributed by atoms with van der Waals surface area (Å²) in [6.45, 7) is 12.1. The molecule has 1 amide bonds. The first kappa shape index (κ1) is 18.5. The molecule has 0 spiro atoms. The Hall–Kier alpha value is -1.54. The highest BCUT2D eigenvalue weighted by Crippen LogP contribution is 2.43. The molecule has 5 heteroatoms. The summed E-state index contributed by atoms with van der Waals surface area (Å²) < 4.78 is 5.25. The van der Waals surface area contributed by atoms with Crippen molar-refractivity contribution in [3.63, 3.8) is 0 Å². The van der Waals surface area contributed by atoms with Crippen LogP contribution >= 0.6 is 0 Å². The third-order valence-corrected chi connectivity index (χ3v) is 4.26. The summed E-state index contributed by atoms with van der Waals surface area (Å²) in [7, 11) is 0. The fraction of sp³-hybridized carbons (Fsp3) is 0.765. The quantitative estimate of drug-likeness (QED) is 0.634. The molecule has 1 aliphatic rings. The number of carbonyl (C=O) groups excluding carboxylic acids is 2. The molecule has 0 aromatic rings. The van der Waals surface area contributed by atoms with E-state index in [-0.39, 0.29) is 29.6 Å². The van der Waals surface area contributed by atoms with Gasteiger partial charge in [0.15, 0.2) is 0 Å². The first-order chi connectivity index (χ1) is 10.0. The van der Waals surface area contributed by atoms with Gasteiger partial charge in [-0.25, -0.2) is 4.79 Å². The number of nitrogens with zero attached hydrogens (tertiary/aromatic N) is 1. The minimum Gasteiger partial charge on any atom is -0.464 e. The van der Waals surface area contributed by atoms with Crippen molar-refractivity contribution in [3.8, 4) is 12.3 Å². The molecule has 0 aliphatic carbocycles. The smallest absolute Gasteiger partial charge is 0.331 e.